The Balaban J connectivity index is 1.53. The third kappa shape index (κ3) is 3.40. The van der Waals surface area contributed by atoms with Crippen LogP contribution < -0.4 is 14.9 Å². The molecule has 4 rings (SSSR count). The van der Waals surface area contributed by atoms with Gasteiger partial charge in [-0.3, -0.25) is 9.89 Å². The Morgan fingerprint density at radius 1 is 1.21 bits per heavy atom. The average Bonchev–Trinajstić information content (AvgIpc) is 3.19. The highest BCUT2D eigenvalue weighted by Gasteiger charge is 2.24. The highest BCUT2D eigenvalue weighted by Crippen LogP contribution is 2.36. The number of amides is 1. The molecule has 148 valence electrons. The maximum Gasteiger partial charge on any atom is 0.289 e. The third-order valence-corrected chi connectivity index (χ3v) is 4.89. The van der Waals surface area contributed by atoms with Crippen LogP contribution >= 0.6 is 0 Å². The lowest BCUT2D eigenvalue weighted by molar-refractivity contribution is 0.0949. The number of fused-ring (bicyclic) bond motifs is 3. The van der Waals surface area contributed by atoms with E-state index in [1.54, 1.807) is 12.1 Å². The molecule has 3 N–H and O–H groups in total. The second-order valence-corrected chi connectivity index (χ2v) is 6.56. The minimum absolute atomic E-state index is 0.0967. The van der Waals surface area contributed by atoms with Crippen molar-refractivity contribution in [3.8, 4) is 28.5 Å². The van der Waals surface area contributed by atoms with E-state index in [4.69, 9.17) is 9.47 Å². The zero-order chi connectivity index (χ0) is 20.4. The van der Waals surface area contributed by atoms with Gasteiger partial charge in [-0.1, -0.05) is 24.3 Å². The average molecular weight is 392 g/mol. The molecule has 0 radical (unpaired) electrons. The minimum Gasteiger partial charge on any atom is -0.502 e. The normalized spacial score (nSPS) is 12.3. The summed E-state index contributed by atoms with van der Waals surface area (Å²) >= 11 is 0. The first-order chi connectivity index (χ1) is 14.1. The maximum absolute atomic E-state index is 12.6. The van der Waals surface area contributed by atoms with Crippen molar-refractivity contribution in [3.05, 3.63) is 58.8 Å². The fourth-order valence-corrected chi connectivity index (χ4v) is 3.46. The van der Waals surface area contributed by atoms with E-state index >= 15 is 0 Å². The number of phenolic OH excluding ortho intramolecular Hbond substituents is 1. The first-order valence-corrected chi connectivity index (χ1v) is 9.06. The van der Waals surface area contributed by atoms with Gasteiger partial charge >= 0.3 is 0 Å². The molecule has 0 bridgehead atoms. The molecule has 1 heterocycles. The van der Waals surface area contributed by atoms with Crippen LogP contribution in [0.1, 0.15) is 27.2 Å². The molecule has 1 aliphatic rings. The minimum atomic E-state index is -0.368. The van der Waals surface area contributed by atoms with E-state index in [1.165, 1.54) is 26.0 Å². The lowest BCUT2D eigenvalue weighted by Gasteiger charge is -2.15. The molecular weight excluding hydrogens is 372 g/mol. The summed E-state index contributed by atoms with van der Waals surface area (Å²) in [6.45, 7) is 0. The van der Waals surface area contributed by atoms with Gasteiger partial charge in [0.05, 0.1) is 26.1 Å². The molecule has 0 unspecified atom stereocenters. The van der Waals surface area contributed by atoms with E-state index in [2.05, 4.69) is 26.8 Å². The number of hydrogen-bond donors (Lipinski definition) is 3. The Hall–Kier alpha value is -3.81. The molecule has 0 aliphatic heterocycles. The Labute approximate surface area is 167 Å². The number of phenols is 1. The predicted molar refractivity (Wildman–Crippen MR) is 108 cm³/mol. The maximum atomic E-state index is 12.6. The van der Waals surface area contributed by atoms with Crippen LogP contribution in [0.15, 0.2) is 41.5 Å². The molecule has 0 atom stereocenters. The summed E-state index contributed by atoms with van der Waals surface area (Å²) in [5, 5.41) is 21.1. The number of hydrazone groups is 1. The number of rotatable bonds is 5. The Morgan fingerprint density at radius 2 is 1.93 bits per heavy atom. The number of carbonyl (C=O) groups is 1. The molecule has 1 aliphatic carbocycles. The van der Waals surface area contributed by atoms with Crippen LogP contribution in [-0.4, -0.2) is 41.6 Å². The van der Waals surface area contributed by atoms with Crippen LogP contribution in [0.4, 0.5) is 0 Å². The van der Waals surface area contributed by atoms with Crippen molar-refractivity contribution in [2.45, 2.75) is 12.8 Å². The number of methoxy groups -OCH3 is 2. The van der Waals surface area contributed by atoms with Crippen LogP contribution in [0.2, 0.25) is 0 Å². The molecule has 1 aromatic heterocycles. The fourth-order valence-electron chi connectivity index (χ4n) is 3.46. The van der Waals surface area contributed by atoms with Gasteiger partial charge in [-0.15, -0.1) is 0 Å². The quantitative estimate of drug-likeness (QED) is 0.457. The molecule has 8 nitrogen and oxygen atoms in total. The number of ether oxygens (including phenoxy) is 2. The number of aromatic amines is 1. The van der Waals surface area contributed by atoms with Crippen molar-refractivity contribution in [3.63, 3.8) is 0 Å². The van der Waals surface area contributed by atoms with Gasteiger partial charge < -0.3 is 14.6 Å². The largest absolute Gasteiger partial charge is 0.502 e. The van der Waals surface area contributed by atoms with Gasteiger partial charge in [0.15, 0.2) is 11.5 Å². The molecule has 3 aromatic rings. The third-order valence-electron chi connectivity index (χ3n) is 4.89. The summed E-state index contributed by atoms with van der Waals surface area (Å²) in [4.78, 5) is 12.6. The first kappa shape index (κ1) is 18.5. The summed E-state index contributed by atoms with van der Waals surface area (Å²) in [5.41, 5.74) is 7.50. The zero-order valence-electron chi connectivity index (χ0n) is 16.0. The van der Waals surface area contributed by atoms with Crippen LogP contribution in [0, 0.1) is 0 Å². The van der Waals surface area contributed by atoms with Crippen molar-refractivity contribution < 1.29 is 19.4 Å². The molecule has 2 aromatic carbocycles. The van der Waals surface area contributed by atoms with Gasteiger partial charge in [0.25, 0.3) is 5.91 Å². The topological polar surface area (TPSA) is 109 Å². The number of nitrogens with zero attached hydrogens (tertiary/aromatic N) is 2. The summed E-state index contributed by atoms with van der Waals surface area (Å²) < 4.78 is 10.2. The fraction of sp³-hybridized carbons (Fsp3) is 0.190. The van der Waals surface area contributed by atoms with E-state index in [0.29, 0.717) is 11.3 Å². The van der Waals surface area contributed by atoms with Gasteiger partial charge in [-0.25, -0.2) is 5.43 Å². The summed E-state index contributed by atoms with van der Waals surface area (Å²) in [5.74, 6) is 0.0319. The highest BCUT2D eigenvalue weighted by atomic mass is 16.5. The van der Waals surface area contributed by atoms with Crippen molar-refractivity contribution >= 4 is 12.1 Å². The van der Waals surface area contributed by atoms with Gasteiger partial charge in [0.1, 0.15) is 5.69 Å². The van der Waals surface area contributed by atoms with Crippen molar-refractivity contribution in [2.75, 3.05) is 14.2 Å². The second kappa shape index (κ2) is 7.67. The number of aryl methyl sites for hydroxylation is 1. The summed E-state index contributed by atoms with van der Waals surface area (Å²) in [6.07, 6.45) is 3.04. The van der Waals surface area contributed by atoms with Gasteiger partial charge in [-0.05, 0) is 30.5 Å². The molecule has 0 saturated heterocycles. The van der Waals surface area contributed by atoms with E-state index in [9.17, 15) is 9.90 Å². The van der Waals surface area contributed by atoms with Gasteiger partial charge in [0, 0.05) is 16.7 Å². The molecule has 1 amide bonds. The molecule has 0 spiro atoms. The smallest absolute Gasteiger partial charge is 0.289 e. The van der Waals surface area contributed by atoms with Crippen molar-refractivity contribution in [2.24, 2.45) is 5.10 Å². The number of carbonyl (C=O) groups excluding carboxylic acids is 1. The lowest BCUT2D eigenvalue weighted by Crippen LogP contribution is -2.20. The number of aromatic nitrogens is 2. The zero-order valence-corrected chi connectivity index (χ0v) is 16.0. The van der Waals surface area contributed by atoms with Crippen LogP contribution in [-0.2, 0) is 12.8 Å². The lowest BCUT2D eigenvalue weighted by atomic mass is 9.89. The monoisotopic (exact) mass is 392 g/mol. The second-order valence-electron chi connectivity index (χ2n) is 6.56. The summed E-state index contributed by atoms with van der Waals surface area (Å²) in [7, 11) is 2.88. The van der Waals surface area contributed by atoms with E-state index < -0.39 is 0 Å². The number of nitrogens with one attached hydrogen (secondary N) is 2. The van der Waals surface area contributed by atoms with Crippen molar-refractivity contribution in [1.82, 2.24) is 15.6 Å². The molecule has 0 fully saturated rings. The van der Waals surface area contributed by atoms with E-state index in [1.807, 2.05) is 18.2 Å². The SMILES string of the molecule is COc1cc(/C=N\NC(=O)c2[nH]nc3c2CCc2ccccc2-3)cc(OC)c1O. The number of benzene rings is 2. The van der Waals surface area contributed by atoms with E-state index in [-0.39, 0.29) is 23.2 Å². The van der Waals surface area contributed by atoms with Crippen LogP contribution in [0.5, 0.6) is 17.2 Å². The Kier molecular flexibility index (Phi) is 4.90. The number of H-pyrrole nitrogens is 1. The highest BCUT2D eigenvalue weighted by molar-refractivity contribution is 5.96. The predicted octanol–water partition coefficient (Wildman–Crippen LogP) is 2.66. The van der Waals surface area contributed by atoms with Gasteiger partial charge in [0.2, 0.25) is 5.75 Å². The first-order valence-electron chi connectivity index (χ1n) is 9.06. The Bertz CT molecular complexity index is 1080. The molecular formula is C21H20N4O4. The van der Waals surface area contributed by atoms with E-state index in [0.717, 1.165) is 29.7 Å². The number of aromatic hydroxyl groups is 1. The molecule has 0 saturated carbocycles. The van der Waals surface area contributed by atoms with Gasteiger partial charge in [-0.2, -0.15) is 10.2 Å². The summed E-state index contributed by atoms with van der Waals surface area (Å²) in [6, 6.07) is 11.2. The van der Waals surface area contributed by atoms with Crippen molar-refractivity contribution in [1.29, 1.82) is 0 Å². The molecule has 8 heteroatoms. The van der Waals surface area contributed by atoms with Crippen LogP contribution in [0.25, 0.3) is 11.3 Å². The van der Waals surface area contributed by atoms with Crippen LogP contribution in [0.3, 0.4) is 0 Å². The Morgan fingerprint density at radius 3 is 2.66 bits per heavy atom. The standard InChI is InChI=1S/C21H20N4O4/c1-28-16-9-12(10-17(29-2)20(16)26)11-22-25-21(27)19-15-8-7-13-5-3-4-6-14(13)18(15)23-24-19/h3-6,9-11,26H,7-8H2,1-2H3,(H,23,24)(H,25,27)/b22-11-. The molecule has 29 heavy (non-hydrogen) atoms. The number of hydrogen-bond acceptors (Lipinski definition) is 6.